The van der Waals surface area contributed by atoms with Crippen LogP contribution in [0.3, 0.4) is 0 Å². The standard InChI is InChI=1S/C24H19ClFN3S/c25-19-5-1-17(2-6-19)24-27-13-18-14-29(12-11-22(18)28-24)15-21-9-10-23(30-21)16-3-7-20(26)8-4-16/h1-10,13H,11-12,14-15H2. The van der Waals surface area contributed by atoms with Crippen LogP contribution in [0.4, 0.5) is 4.39 Å². The van der Waals surface area contributed by atoms with Gasteiger partial charge in [-0.1, -0.05) is 23.7 Å². The third kappa shape index (κ3) is 4.15. The van der Waals surface area contributed by atoms with Gasteiger partial charge in [-0.05, 0) is 54.1 Å². The van der Waals surface area contributed by atoms with Crippen LogP contribution in [0.1, 0.15) is 16.1 Å². The van der Waals surface area contributed by atoms with Gasteiger partial charge in [0.05, 0.1) is 5.69 Å². The Morgan fingerprint density at radius 1 is 0.967 bits per heavy atom. The molecule has 3 nitrogen and oxygen atoms in total. The number of thiophene rings is 1. The minimum Gasteiger partial charge on any atom is -0.293 e. The topological polar surface area (TPSA) is 29.0 Å². The summed E-state index contributed by atoms with van der Waals surface area (Å²) < 4.78 is 13.2. The SMILES string of the molecule is Fc1ccc(-c2ccc(CN3CCc4nc(-c5ccc(Cl)cc5)ncc4C3)s2)cc1. The van der Waals surface area contributed by atoms with Gasteiger partial charge in [0.15, 0.2) is 5.82 Å². The van der Waals surface area contributed by atoms with Crippen LogP contribution in [-0.2, 0) is 19.5 Å². The van der Waals surface area contributed by atoms with E-state index in [1.807, 2.05) is 42.6 Å². The minimum atomic E-state index is -0.205. The van der Waals surface area contributed by atoms with Gasteiger partial charge in [0, 0.05) is 58.2 Å². The summed E-state index contributed by atoms with van der Waals surface area (Å²) in [6.45, 7) is 2.71. The van der Waals surface area contributed by atoms with Crippen LogP contribution in [0, 0.1) is 5.82 Å². The lowest BCUT2D eigenvalue weighted by Crippen LogP contribution is -2.30. The highest BCUT2D eigenvalue weighted by Gasteiger charge is 2.19. The lowest BCUT2D eigenvalue weighted by atomic mass is 10.1. The summed E-state index contributed by atoms with van der Waals surface area (Å²) in [5.74, 6) is 0.546. The number of hydrogen-bond donors (Lipinski definition) is 0. The van der Waals surface area contributed by atoms with E-state index in [1.165, 1.54) is 27.5 Å². The lowest BCUT2D eigenvalue weighted by molar-refractivity contribution is 0.245. The van der Waals surface area contributed by atoms with E-state index >= 15 is 0 Å². The maximum atomic E-state index is 13.2. The molecule has 0 fully saturated rings. The van der Waals surface area contributed by atoms with E-state index in [0.29, 0.717) is 5.02 Å². The first kappa shape index (κ1) is 19.4. The van der Waals surface area contributed by atoms with Gasteiger partial charge in [0.25, 0.3) is 0 Å². The van der Waals surface area contributed by atoms with Crippen molar-refractivity contribution in [3.63, 3.8) is 0 Å². The molecule has 0 N–H and O–H groups in total. The van der Waals surface area contributed by atoms with Crippen molar-refractivity contribution >= 4 is 22.9 Å². The molecule has 30 heavy (non-hydrogen) atoms. The number of fused-ring (bicyclic) bond motifs is 1. The summed E-state index contributed by atoms with van der Waals surface area (Å²) in [6.07, 6.45) is 2.87. The number of rotatable bonds is 4. The van der Waals surface area contributed by atoms with Gasteiger partial charge in [-0.15, -0.1) is 11.3 Å². The highest BCUT2D eigenvalue weighted by Crippen LogP contribution is 2.30. The number of hydrogen-bond acceptors (Lipinski definition) is 4. The van der Waals surface area contributed by atoms with Crippen LogP contribution in [0.15, 0.2) is 66.9 Å². The molecule has 0 radical (unpaired) electrons. The molecule has 6 heteroatoms. The molecule has 5 rings (SSSR count). The Balaban J connectivity index is 1.28. The van der Waals surface area contributed by atoms with Crippen LogP contribution in [0.2, 0.25) is 5.02 Å². The molecule has 0 unspecified atom stereocenters. The predicted molar refractivity (Wildman–Crippen MR) is 120 cm³/mol. The van der Waals surface area contributed by atoms with Gasteiger partial charge in [0.2, 0.25) is 0 Å². The smallest absolute Gasteiger partial charge is 0.159 e. The summed E-state index contributed by atoms with van der Waals surface area (Å²) in [4.78, 5) is 14.3. The van der Waals surface area contributed by atoms with Crippen molar-refractivity contribution in [1.29, 1.82) is 0 Å². The molecule has 4 aromatic rings. The molecule has 0 aliphatic carbocycles. The molecule has 0 saturated carbocycles. The van der Waals surface area contributed by atoms with E-state index in [-0.39, 0.29) is 5.82 Å². The van der Waals surface area contributed by atoms with Crippen LogP contribution in [-0.4, -0.2) is 21.4 Å². The van der Waals surface area contributed by atoms with Gasteiger partial charge in [-0.3, -0.25) is 4.90 Å². The number of benzene rings is 2. The summed E-state index contributed by atoms with van der Waals surface area (Å²) in [5.41, 5.74) is 4.36. The molecule has 2 aromatic carbocycles. The van der Waals surface area contributed by atoms with E-state index in [9.17, 15) is 4.39 Å². The molecule has 0 amide bonds. The maximum absolute atomic E-state index is 13.2. The van der Waals surface area contributed by atoms with Crippen LogP contribution in [0.25, 0.3) is 21.8 Å². The lowest BCUT2D eigenvalue weighted by Gasteiger charge is -2.27. The maximum Gasteiger partial charge on any atom is 0.159 e. The third-order valence-electron chi connectivity index (χ3n) is 5.29. The Morgan fingerprint density at radius 2 is 1.73 bits per heavy atom. The van der Waals surface area contributed by atoms with Crippen LogP contribution in [0.5, 0.6) is 0 Å². The molecular weight excluding hydrogens is 417 g/mol. The Kier molecular flexibility index (Phi) is 5.34. The molecule has 2 aromatic heterocycles. The second kappa shape index (κ2) is 8.26. The highest BCUT2D eigenvalue weighted by atomic mass is 35.5. The van der Waals surface area contributed by atoms with Crippen molar-refractivity contribution in [1.82, 2.24) is 14.9 Å². The van der Waals surface area contributed by atoms with Crippen LogP contribution >= 0.6 is 22.9 Å². The summed E-state index contributed by atoms with van der Waals surface area (Å²) in [6, 6.07) is 18.6. The predicted octanol–water partition coefficient (Wildman–Crippen LogP) is 6.22. The van der Waals surface area contributed by atoms with Crippen molar-refractivity contribution in [2.75, 3.05) is 6.54 Å². The fraction of sp³-hybridized carbons (Fsp3) is 0.167. The monoisotopic (exact) mass is 435 g/mol. The molecule has 1 aliphatic heterocycles. The fourth-order valence-corrected chi connectivity index (χ4v) is 4.88. The molecule has 3 heterocycles. The van der Waals surface area contributed by atoms with Gasteiger partial charge in [-0.2, -0.15) is 0 Å². The summed E-state index contributed by atoms with van der Waals surface area (Å²) in [7, 11) is 0. The molecular formula is C24H19ClFN3S. The third-order valence-corrected chi connectivity index (χ3v) is 6.66. The fourth-order valence-electron chi connectivity index (χ4n) is 3.70. The molecule has 0 saturated heterocycles. The number of halogens is 2. The Labute approximate surface area is 183 Å². The molecule has 150 valence electrons. The number of aromatic nitrogens is 2. The Bertz CT molecular complexity index is 1170. The van der Waals surface area contributed by atoms with Crippen molar-refractivity contribution < 1.29 is 4.39 Å². The Hall–Kier alpha value is -2.60. The minimum absolute atomic E-state index is 0.205. The van der Waals surface area contributed by atoms with Gasteiger partial charge >= 0.3 is 0 Å². The average Bonchev–Trinajstić information content (AvgIpc) is 3.23. The van der Waals surface area contributed by atoms with E-state index in [1.54, 1.807) is 11.3 Å². The second-order valence-corrected chi connectivity index (χ2v) is 9.01. The van der Waals surface area contributed by atoms with Crippen molar-refractivity contribution in [3.05, 3.63) is 93.8 Å². The normalized spacial score (nSPS) is 13.9. The van der Waals surface area contributed by atoms with E-state index in [0.717, 1.165) is 48.7 Å². The summed E-state index contributed by atoms with van der Waals surface area (Å²) in [5, 5.41) is 0.712. The van der Waals surface area contributed by atoms with Gasteiger partial charge in [-0.25, -0.2) is 14.4 Å². The molecule has 0 spiro atoms. The van der Waals surface area contributed by atoms with Crippen molar-refractivity contribution in [2.45, 2.75) is 19.5 Å². The largest absolute Gasteiger partial charge is 0.293 e. The zero-order valence-electron chi connectivity index (χ0n) is 16.2. The van der Waals surface area contributed by atoms with E-state index in [4.69, 9.17) is 16.6 Å². The summed E-state index contributed by atoms with van der Waals surface area (Å²) >= 11 is 7.74. The first-order valence-corrected chi connectivity index (χ1v) is 11.0. The molecule has 0 atom stereocenters. The zero-order valence-corrected chi connectivity index (χ0v) is 17.8. The van der Waals surface area contributed by atoms with Crippen LogP contribution < -0.4 is 0 Å². The number of nitrogens with zero attached hydrogens (tertiary/aromatic N) is 3. The highest BCUT2D eigenvalue weighted by molar-refractivity contribution is 7.15. The first-order valence-electron chi connectivity index (χ1n) is 9.82. The van der Waals surface area contributed by atoms with Crippen molar-refractivity contribution in [2.24, 2.45) is 0 Å². The average molecular weight is 436 g/mol. The molecule has 0 bridgehead atoms. The van der Waals surface area contributed by atoms with E-state index < -0.39 is 0 Å². The van der Waals surface area contributed by atoms with Gasteiger partial charge < -0.3 is 0 Å². The quantitative estimate of drug-likeness (QED) is 0.381. The Morgan fingerprint density at radius 3 is 2.53 bits per heavy atom. The first-order chi connectivity index (χ1) is 14.6. The molecule has 1 aliphatic rings. The van der Waals surface area contributed by atoms with Gasteiger partial charge in [0.1, 0.15) is 5.82 Å². The second-order valence-electron chi connectivity index (χ2n) is 7.41. The van der Waals surface area contributed by atoms with E-state index in [2.05, 4.69) is 22.0 Å². The van der Waals surface area contributed by atoms with Crippen molar-refractivity contribution in [3.8, 4) is 21.8 Å². The zero-order chi connectivity index (χ0) is 20.5.